The number of likely N-dealkylation sites (tertiary alicyclic amines) is 1. The maximum atomic E-state index is 12.9. The first-order chi connectivity index (χ1) is 14.0. The van der Waals surface area contributed by atoms with Crippen LogP contribution in [-0.4, -0.2) is 43.1 Å². The number of ketones is 1. The van der Waals surface area contributed by atoms with Crippen molar-refractivity contribution in [2.75, 3.05) is 27.3 Å². The fourth-order valence-corrected chi connectivity index (χ4v) is 3.83. The fourth-order valence-electron chi connectivity index (χ4n) is 3.57. The average molecular weight is 460 g/mol. The van der Waals surface area contributed by atoms with E-state index in [0.717, 1.165) is 36.0 Å². The summed E-state index contributed by atoms with van der Waals surface area (Å²) in [4.78, 5) is 15.2. The summed E-state index contributed by atoms with van der Waals surface area (Å²) < 4.78 is 11.8. The highest BCUT2D eigenvalue weighted by atomic mass is 79.9. The van der Waals surface area contributed by atoms with Crippen molar-refractivity contribution in [2.24, 2.45) is 0 Å². The van der Waals surface area contributed by atoms with E-state index >= 15 is 0 Å². The number of piperidine rings is 1. The lowest BCUT2D eigenvalue weighted by Gasteiger charge is -2.28. The van der Waals surface area contributed by atoms with Gasteiger partial charge in [-0.25, -0.2) is 0 Å². The van der Waals surface area contributed by atoms with E-state index in [1.165, 1.54) is 19.6 Å². The molecular weight excluding hydrogens is 434 g/mol. The van der Waals surface area contributed by atoms with E-state index in [1.54, 1.807) is 19.3 Å². The number of halogens is 1. The Balaban J connectivity index is 1.94. The van der Waals surface area contributed by atoms with E-state index in [4.69, 9.17) is 9.47 Å². The van der Waals surface area contributed by atoms with Crippen molar-refractivity contribution < 1.29 is 19.4 Å². The Morgan fingerprint density at radius 3 is 2.38 bits per heavy atom. The highest BCUT2D eigenvalue weighted by Crippen LogP contribution is 2.40. The van der Waals surface area contributed by atoms with Gasteiger partial charge in [0.2, 0.25) is 0 Å². The molecule has 3 rings (SSSR count). The van der Waals surface area contributed by atoms with Crippen molar-refractivity contribution in [1.29, 1.82) is 0 Å². The number of ether oxygens (including phenoxy) is 2. The zero-order valence-electron chi connectivity index (χ0n) is 16.8. The van der Waals surface area contributed by atoms with Crippen LogP contribution >= 0.6 is 15.9 Å². The molecule has 154 valence electrons. The molecule has 1 heterocycles. The van der Waals surface area contributed by atoms with Crippen LogP contribution in [0.2, 0.25) is 0 Å². The molecule has 0 bridgehead atoms. The zero-order chi connectivity index (χ0) is 20.8. The number of hydrogen-bond acceptors (Lipinski definition) is 5. The van der Waals surface area contributed by atoms with Gasteiger partial charge in [0.1, 0.15) is 22.8 Å². The highest BCUT2D eigenvalue weighted by molar-refractivity contribution is 9.10. The second-order valence-corrected chi connectivity index (χ2v) is 7.98. The van der Waals surface area contributed by atoms with Gasteiger partial charge >= 0.3 is 0 Å². The van der Waals surface area contributed by atoms with Gasteiger partial charge in [-0.3, -0.25) is 9.69 Å². The molecule has 6 heteroatoms. The van der Waals surface area contributed by atoms with Gasteiger partial charge in [-0.2, -0.15) is 0 Å². The molecule has 0 aromatic heterocycles. The summed E-state index contributed by atoms with van der Waals surface area (Å²) in [5.74, 6) is 0.438. The minimum absolute atomic E-state index is 0.0720. The number of phenolic OH excluding ortho intramolecular Hbond substituents is 1. The second-order valence-electron chi connectivity index (χ2n) is 7.07. The summed E-state index contributed by atoms with van der Waals surface area (Å²) in [6.45, 7) is 2.48. The van der Waals surface area contributed by atoms with Gasteiger partial charge < -0.3 is 14.6 Å². The maximum absolute atomic E-state index is 12.9. The molecule has 1 fully saturated rings. The van der Waals surface area contributed by atoms with E-state index in [-0.39, 0.29) is 17.1 Å². The van der Waals surface area contributed by atoms with E-state index in [1.807, 2.05) is 24.3 Å². The van der Waals surface area contributed by atoms with Gasteiger partial charge in [-0.15, -0.1) is 0 Å². The van der Waals surface area contributed by atoms with E-state index in [0.29, 0.717) is 23.6 Å². The van der Waals surface area contributed by atoms with Gasteiger partial charge in [0, 0.05) is 17.1 Å². The Morgan fingerprint density at radius 2 is 1.76 bits per heavy atom. The quantitative estimate of drug-likeness (QED) is 0.463. The lowest BCUT2D eigenvalue weighted by atomic mass is 10.0. The summed E-state index contributed by atoms with van der Waals surface area (Å²) in [5.41, 5.74) is 1.67. The maximum Gasteiger partial charge on any atom is 0.193 e. The van der Waals surface area contributed by atoms with Crippen molar-refractivity contribution in [3.8, 4) is 17.2 Å². The van der Waals surface area contributed by atoms with E-state index in [2.05, 4.69) is 20.8 Å². The molecule has 2 aromatic rings. The minimum Gasteiger partial charge on any atom is -0.507 e. The summed E-state index contributed by atoms with van der Waals surface area (Å²) in [5, 5.41) is 11.0. The van der Waals surface area contributed by atoms with Gasteiger partial charge in [0.15, 0.2) is 5.78 Å². The largest absolute Gasteiger partial charge is 0.507 e. The third-order valence-corrected chi connectivity index (χ3v) is 5.67. The molecule has 0 unspecified atom stereocenters. The van der Waals surface area contributed by atoms with Crippen molar-refractivity contribution >= 4 is 27.8 Å². The number of hydrogen-bond donors (Lipinski definition) is 1. The third kappa shape index (κ3) is 5.19. The van der Waals surface area contributed by atoms with Crippen LogP contribution in [0.3, 0.4) is 0 Å². The van der Waals surface area contributed by atoms with Crippen molar-refractivity contribution in [2.45, 2.75) is 25.8 Å². The molecule has 1 N–H and O–H groups in total. The van der Waals surface area contributed by atoms with Crippen molar-refractivity contribution in [1.82, 2.24) is 4.90 Å². The van der Waals surface area contributed by atoms with Crippen LogP contribution in [0, 0.1) is 0 Å². The van der Waals surface area contributed by atoms with Crippen LogP contribution in [0.15, 0.2) is 40.9 Å². The van der Waals surface area contributed by atoms with Gasteiger partial charge in [-0.05, 0) is 49.7 Å². The smallest absolute Gasteiger partial charge is 0.193 e. The van der Waals surface area contributed by atoms with Crippen LogP contribution in [0.25, 0.3) is 6.08 Å². The third-order valence-electron chi connectivity index (χ3n) is 5.14. The number of carbonyl (C=O) groups excluding carboxylic acids is 1. The van der Waals surface area contributed by atoms with Crippen LogP contribution in [0.5, 0.6) is 17.2 Å². The molecule has 0 aliphatic carbocycles. The Hall–Kier alpha value is -2.31. The van der Waals surface area contributed by atoms with E-state index in [9.17, 15) is 9.90 Å². The molecule has 1 aliphatic heterocycles. The SMILES string of the molecule is COc1cc(OC)c(C(=O)/C=C/c2ccc(Br)cc2)c(O)c1CN1CCCCC1. The van der Waals surface area contributed by atoms with Crippen molar-refractivity contribution in [3.05, 3.63) is 57.6 Å². The molecule has 29 heavy (non-hydrogen) atoms. The molecule has 5 nitrogen and oxygen atoms in total. The molecule has 2 aromatic carbocycles. The summed E-state index contributed by atoms with van der Waals surface area (Å²) in [6.07, 6.45) is 6.69. The molecule has 0 spiro atoms. The Morgan fingerprint density at radius 1 is 1.10 bits per heavy atom. The lowest BCUT2D eigenvalue weighted by Crippen LogP contribution is -2.29. The van der Waals surface area contributed by atoms with Crippen LogP contribution in [0.4, 0.5) is 0 Å². The Bertz CT molecular complexity index is 887. The molecule has 1 aliphatic rings. The van der Waals surface area contributed by atoms with Gasteiger partial charge in [-0.1, -0.05) is 40.6 Å². The molecule has 0 atom stereocenters. The topological polar surface area (TPSA) is 59.0 Å². The van der Waals surface area contributed by atoms with Crippen LogP contribution < -0.4 is 9.47 Å². The molecule has 0 radical (unpaired) electrons. The second kappa shape index (κ2) is 9.94. The van der Waals surface area contributed by atoms with Crippen LogP contribution in [0.1, 0.15) is 40.7 Å². The molecule has 0 amide bonds. The first-order valence-electron chi connectivity index (χ1n) is 9.70. The predicted octanol–water partition coefficient (Wildman–Crippen LogP) is 5.05. The molecule has 0 saturated carbocycles. The molecule has 1 saturated heterocycles. The molecular formula is C23H26BrNO4. The Kier molecular flexibility index (Phi) is 7.34. The lowest BCUT2D eigenvalue weighted by molar-refractivity contribution is 0.104. The zero-order valence-corrected chi connectivity index (χ0v) is 18.4. The number of nitrogens with zero attached hydrogens (tertiary/aromatic N) is 1. The summed E-state index contributed by atoms with van der Waals surface area (Å²) >= 11 is 3.40. The van der Waals surface area contributed by atoms with Gasteiger partial charge in [0.25, 0.3) is 0 Å². The van der Waals surface area contributed by atoms with E-state index < -0.39 is 0 Å². The number of aromatic hydroxyl groups is 1. The average Bonchev–Trinajstić information content (AvgIpc) is 2.75. The number of allylic oxidation sites excluding steroid dienone is 1. The first kappa shape index (κ1) is 21.4. The minimum atomic E-state index is -0.315. The van der Waals surface area contributed by atoms with Gasteiger partial charge in [0.05, 0.1) is 19.8 Å². The highest BCUT2D eigenvalue weighted by Gasteiger charge is 2.24. The summed E-state index contributed by atoms with van der Waals surface area (Å²) in [6, 6.07) is 9.31. The standard InChI is InChI=1S/C23H26BrNO4/c1-28-20-14-21(29-2)22(19(26)11-8-16-6-9-17(24)10-7-16)23(27)18(20)15-25-12-4-3-5-13-25/h6-11,14,27H,3-5,12-13,15H2,1-2H3/b11-8+. The first-order valence-corrected chi connectivity index (χ1v) is 10.5. The monoisotopic (exact) mass is 459 g/mol. The normalized spacial score (nSPS) is 14.9. The number of phenols is 1. The van der Waals surface area contributed by atoms with Crippen molar-refractivity contribution in [3.63, 3.8) is 0 Å². The Labute approximate surface area is 180 Å². The predicted molar refractivity (Wildman–Crippen MR) is 118 cm³/mol. The van der Waals surface area contributed by atoms with Crippen LogP contribution in [-0.2, 0) is 6.54 Å². The summed E-state index contributed by atoms with van der Waals surface area (Å²) in [7, 11) is 3.04. The number of rotatable bonds is 7. The number of benzene rings is 2. The number of carbonyl (C=O) groups is 1. The number of methoxy groups -OCH3 is 2. The fraction of sp³-hybridized carbons (Fsp3) is 0.348.